The summed E-state index contributed by atoms with van der Waals surface area (Å²) in [5, 5.41) is 0. The number of aryl methyl sites for hydroxylation is 2. The number of nitrogens with zero attached hydrogens (tertiary/aromatic N) is 1. The van der Waals surface area contributed by atoms with Crippen molar-refractivity contribution in [1.29, 1.82) is 0 Å². The van der Waals surface area contributed by atoms with E-state index in [-0.39, 0.29) is 5.97 Å². The van der Waals surface area contributed by atoms with Gasteiger partial charge in [-0.3, -0.25) is 4.79 Å². The van der Waals surface area contributed by atoms with Crippen LogP contribution in [0.5, 0.6) is 0 Å². The lowest BCUT2D eigenvalue weighted by Gasteiger charge is -2.10. The van der Waals surface area contributed by atoms with E-state index in [0.717, 1.165) is 19.4 Å². The standard InChI is InChI=1S/C18H23NO2/c1-14-12-17(10-7-11-18(20)21-3)15(2)19(14)13-16-8-5-4-6-9-16/h4-6,8-9,12H,7,10-11,13H2,1-3H3. The Morgan fingerprint density at radius 3 is 2.57 bits per heavy atom. The average Bonchev–Trinajstić information content (AvgIpc) is 2.76. The molecule has 1 aromatic carbocycles. The predicted octanol–water partition coefficient (Wildman–Crippen LogP) is 3.65. The zero-order valence-corrected chi connectivity index (χ0v) is 13.1. The molecule has 0 saturated heterocycles. The second-order valence-corrected chi connectivity index (χ2v) is 5.40. The Kier molecular flexibility index (Phi) is 5.20. The fourth-order valence-electron chi connectivity index (χ4n) is 2.66. The van der Waals surface area contributed by atoms with Crippen molar-refractivity contribution >= 4 is 5.97 Å². The highest BCUT2D eigenvalue weighted by Crippen LogP contribution is 2.19. The molecule has 2 rings (SSSR count). The first-order valence-electron chi connectivity index (χ1n) is 7.38. The first-order valence-corrected chi connectivity index (χ1v) is 7.38. The topological polar surface area (TPSA) is 31.2 Å². The minimum atomic E-state index is -0.131. The Balaban J connectivity index is 2.05. The highest BCUT2D eigenvalue weighted by molar-refractivity contribution is 5.69. The Morgan fingerprint density at radius 2 is 1.90 bits per heavy atom. The van der Waals surface area contributed by atoms with Gasteiger partial charge in [-0.25, -0.2) is 0 Å². The maximum absolute atomic E-state index is 11.2. The van der Waals surface area contributed by atoms with E-state index < -0.39 is 0 Å². The number of methoxy groups -OCH3 is 1. The molecular weight excluding hydrogens is 262 g/mol. The van der Waals surface area contributed by atoms with E-state index in [9.17, 15) is 4.79 Å². The Bertz CT molecular complexity index is 599. The third-order valence-corrected chi connectivity index (χ3v) is 3.92. The minimum absolute atomic E-state index is 0.131. The molecule has 0 N–H and O–H groups in total. The third-order valence-electron chi connectivity index (χ3n) is 3.92. The molecular formula is C18H23NO2. The van der Waals surface area contributed by atoms with Crippen LogP contribution in [0.4, 0.5) is 0 Å². The lowest BCUT2D eigenvalue weighted by Crippen LogP contribution is -2.04. The molecule has 0 spiro atoms. The molecule has 21 heavy (non-hydrogen) atoms. The van der Waals surface area contributed by atoms with E-state index in [1.807, 2.05) is 6.07 Å². The van der Waals surface area contributed by atoms with Crippen LogP contribution in [0, 0.1) is 13.8 Å². The Labute approximate surface area is 126 Å². The summed E-state index contributed by atoms with van der Waals surface area (Å²) in [6.07, 6.45) is 2.24. The van der Waals surface area contributed by atoms with E-state index in [0.29, 0.717) is 6.42 Å². The second-order valence-electron chi connectivity index (χ2n) is 5.40. The number of aromatic nitrogens is 1. The number of benzene rings is 1. The lowest BCUT2D eigenvalue weighted by molar-refractivity contribution is -0.140. The van der Waals surface area contributed by atoms with Gasteiger partial charge in [0.05, 0.1) is 7.11 Å². The van der Waals surface area contributed by atoms with Gasteiger partial charge in [0.2, 0.25) is 0 Å². The van der Waals surface area contributed by atoms with Crippen LogP contribution in [0.15, 0.2) is 36.4 Å². The Hall–Kier alpha value is -2.03. The number of rotatable bonds is 6. The summed E-state index contributed by atoms with van der Waals surface area (Å²) in [4.78, 5) is 11.2. The van der Waals surface area contributed by atoms with Crippen LogP contribution in [-0.4, -0.2) is 17.6 Å². The number of esters is 1. The molecule has 0 saturated carbocycles. The van der Waals surface area contributed by atoms with Crippen LogP contribution >= 0.6 is 0 Å². The summed E-state index contributed by atoms with van der Waals surface area (Å²) in [5.41, 5.74) is 5.19. The van der Waals surface area contributed by atoms with Gasteiger partial charge in [-0.2, -0.15) is 0 Å². The molecule has 3 heteroatoms. The minimum Gasteiger partial charge on any atom is -0.469 e. The molecule has 0 atom stereocenters. The summed E-state index contributed by atoms with van der Waals surface area (Å²) in [5.74, 6) is -0.131. The largest absolute Gasteiger partial charge is 0.469 e. The summed E-state index contributed by atoms with van der Waals surface area (Å²) in [6, 6.07) is 12.7. The Morgan fingerprint density at radius 1 is 1.19 bits per heavy atom. The van der Waals surface area contributed by atoms with Gasteiger partial charge < -0.3 is 9.30 Å². The fraction of sp³-hybridized carbons (Fsp3) is 0.389. The molecule has 0 aliphatic carbocycles. The fourth-order valence-corrected chi connectivity index (χ4v) is 2.66. The first kappa shape index (κ1) is 15.4. The molecule has 0 amide bonds. The zero-order chi connectivity index (χ0) is 15.2. The zero-order valence-electron chi connectivity index (χ0n) is 13.1. The van der Waals surface area contributed by atoms with Gasteiger partial charge in [0.25, 0.3) is 0 Å². The average molecular weight is 285 g/mol. The van der Waals surface area contributed by atoms with Crippen molar-refractivity contribution in [2.45, 2.75) is 39.7 Å². The van der Waals surface area contributed by atoms with Gasteiger partial charge in [0, 0.05) is 24.4 Å². The summed E-state index contributed by atoms with van der Waals surface area (Å²) < 4.78 is 7.02. The monoisotopic (exact) mass is 285 g/mol. The summed E-state index contributed by atoms with van der Waals surface area (Å²) in [7, 11) is 1.44. The molecule has 0 fully saturated rings. The second kappa shape index (κ2) is 7.11. The molecule has 112 valence electrons. The van der Waals surface area contributed by atoms with E-state index in [1.54, 1.807) is 0 Å². The van der Waals surface area contributed by atoms with E-state index in [2.05, 4.69) is 53.5 Å². The molecule has 0 unspecified atom stereocenters. The first-order chi connectivity index (χ1) is 10.1. The van der Waals surface area contributed by atoms with Gasteiger partial charge in [-0.1, -0.05) is 30.3 Å². The maximum Gasteiger partial charge on any atom is 0.305 e. The molecule has 0 aliphatic rings. The molecule has 2 aromatic rings. The summed E-state index contributed by atoms with van der Waals surface area (Å²) >= 11 is 0. The van der Waals surface area contributed by atoms with Gasteiger partial charge >= 0.3 is 5.97 Å². The smallest absolute Gasteiger partial charge is 0.305 e. The molecule has 1 heterocycles. The maximum atomic E-state index is 11.2. The van der Waals surface area contributed by atoms with Crippen molar-refractivity contribution in [2.75, 3.05) is 7.11 Å². The predicted molar refractivity (Wildman–Crippen MR) is 84.4 cm³/mol. The van der Waals surface area contributed by atoms with Gasteiger partial charge in [-0.15, -0.1) is 0 Å². The van der Waals surface area contributed by atoms with Crippen LogP contribution in [0.3, 0.4) is 0 Å². The number of hydrogen-bond acceptors (Lipinski definition) is 2. The van der Waals surface area contributed by atoms with E-state index >= 15 is 0 Å². The van der Waals surface area contributed by atoms with Gasteiger partial charge in [0.1, 0.15) is 0 Å². The van der Waals surface area contributed by atoms with Crippen LogP contribution in [-0.2, 0) is 22.5 Å². The van der Waals surface area contributed by atoms with Gasteiger partial charge in [-0.05, 0) is 43.9 Å². The van der Waals surface area contributed by atoms with Crippen molar-refractivity contribution in [3.05, 3.63) is 58.9 Å². The van der Waals surface area contributed by atoms with Crippen molar-refractivity contribution in [3.63, 3.8) is 0 Å². The number of carbonyl (C=O) groups is 1. The van der Waals surface area contributed by atoms with Crippen molar-refractivity contribution in [2.24, 2.45) is 0 Å². The van der Waals surface area contributed by atoms with Crippen LogP contribution in [0.25, 0.3) is 0 Å². The molecule has 1 aromatic heterocycles. The van der Waals surface area contributed by atoms with Crippen LogP contribution < -0.4 is 0 Å². The number of hydrogen-bond donors (Lipinski definition) is 0. The van der Waals surface area contributed by atoms with Crippen LogP contribution in [0.1, 0.15) is 35.4 Å². The van der Waals surface area contributed by atoms with Crippen molar-refractivity contribution < 1.29 is 9.53 Å². The molecule has 0 aliphatic heterocycles. The highest BCUT2D eigenvalue weighted by atomic mass is 16.5. The summed E-state index contributed by atoms with van der Waals surface area (Å²) in [6.45, 7) is 5.19. The number of ether oxygens (including phenoxy) is 1. The molecule has 0 radical (unpaired) electrons. The quantitative estimate of drug-likeness (QED) is 0.759. The van der Waals surface area contributed by atoms with E-state index in [1.165, 1.54) is 29.6 Å². The molecule has 0 bridgehead atoms. The number of carbonyl (C=O) groups excluding carboxylic acids is 1. The SMILES string of the molecule is COC(=O)CCCc1cc(C)n(Cc2ccccc2)c1C. The van der Waals surface area contributed by atoms with Crippen molar-refractivity contribution in [3.8, 4) is 0 Å². The van der Waals surface area contributed by atoms with Crippen LogP contribution in [0.2, 0.25) is 0 Å². The lowest BCUT2D eigenvalue weighted by atomic mass is 10.1. The highest BCUT2D eigenvalue weighted by Gasteiger charge is 2.10. The van der Waals surface area contributed by atoms with Gasteiger partial charge in [0.15, 0.2) is 0 Å². The normalized spacial score (nSPS) is 10.6. The molecule has 3 nitrogen and oxygen atoms in total. The van der Waals surface area contributed by atoms with E-state index in [4.69, 9.17) is 0 Å². The van der Waals surface area contributed by atoms with Crippen molar-refractivity contribution in [1.82, 2.24) is 4.57 Å². The third kappa shape index (κ3) is 3.97.